The normalized spacial score (nSPS) is 18.5. The quantitative estimate of drug-likeness (QED) is 0.721. The molecule has 1 saturated carbocycles. The van der Waals surface area contributed by atoms with Crippen molar-refractivity contribution in [2.45, 2.75) is 24.3 Å². The zero-order valence-corrected chi connectivity index (χ0v) is 9.51. The van der Waals surface area contributed by atoms with E-state index in [9.17, 15) is 9.90 Å². The summed E-state index contributed by atoms with van der Waals surface area (Å²) in [5.41, 5.74) is 5.92. The first-order chi connectivity index (χ1) is 8.01. The van der Waals surface area contributed by atoms with Crippen LogP contribution in [0.2, 0.25) is 0 Å². The van der Waals surface area contributed by atoms with E-state index in [0.717, 1.165) is 18.4 Å². The summed E-state index contributed by atoms with van der Waals surface area (Å²) in [4.78, 5) is 11.0. The van der Waals surface area contributed by atoms with Crippen LogP contribution in [0.5, 0.6) is 11.5 Å². The van der Waals surface area contributed by atoms with Crippen LogP contribution in [0.15, 0.2) is 18.2 Å². The van der Waals surface area contributed by atoms with Gasteiger partial charge in [-0.1, -0.05) is 6.07 Å². The Morgan fingerprint density at radius 1 is 1.53 bits per heavy atom. The summed E-state index contributed by atoms with van der Waals surface area (Å²) >= 11 is 0. The van der Waals surface area contributed by atoms with Crippen molar-refractivity contribution in [3.63, 3.8) is 0 Å². The highest BCUT2D eigenvalue weighted by atomic mass is 16.5. The van der Waals surface area contributed by atoms with E-state index in [1.54, 1.807) is 12.1 Å². The van der Waals surface area contributed by atoms with Gasteiger partial charge in [-0.3, -0.25) is 4.79 Å². The Balaban J connectivity index is 2.35. The highest BCUT2D eigenvalue weighted by molar-refractivity contribution is 5.77. The predicted octanol–water partition coefficient (Wildman–Crippen LogP) is 0.844. The standard InChI is InChI=1S/C12H15NO4/c1-17-9-3-2-7(6-8(9)14)12(4-5-12)10(13)11(15)16/h2-3,6,10,14H,4-5,13H2,1H3,(H,15,16). The minimum Gasteiger partial charge on any atom is -0.504 e. The van der Waals surface area contributed by atoms with Crippen molar-refractivity contribution in [2.75, 3.05) is 7.11 Å². The first-order valence-electron chi connectivity index (χ1n) is 5.37. The summed E-state index contributed by atoms with van der Waals surface area (Å²) < 4.78 is 4.94. The molecule has 0 amide bonds. The van der Waals surface area contributed by atoms with Gasteiger partial charge in [-0.15, -0.1) is 0 Å². The molecule has 1 unspecified atom stereocenters. The fraction of sp³-hybridized carbons (Fsp3) is 0.417. The van der Waals surface area contributed by atoms with Crippen LogP contribution >= 0.6 is 0 Å². The summed E-state index contributed by atoms with van der Waals surface area (Å²) in [6.45, 7) is 0. The van der Waals surface area contributed by atoms with Crippen LogP contribution in [0.25, 0.3) is 0 Å². The van der Waals surface area contributed by atoms with E-state index < -0.39 is 17.4 Å². The summed E-state index contributed by atoms with van der Waals surface area (Å²) in [5.74, 6) is -0.639. The SMILES string of the molecule is COc1ccc(C2(C(N)C(=O)O)CC2)cc1O. The molecule has 4 N–H and O–H groups in total. The molecule has 1 aliphatic rings. The van der Waals surface area contributed by atoms with E-state index in [2.05, 4.69) is 0 Å². The van der Waals surface area contributed by atoms with Gasteiger partial charge in [-0.25, -0.2) is 0 Å². The predicted molar refractivity (Wildman–Crippen MR) is 61.2 cm³/mol. The number of aromatic hydroxyl groups is 1. The van der Waals surface area contributed by atoms with Gasteiger partial charge in [0.25, 0.3) is 0 Å². The highest BCUT2D eigenvalue weighted by Crippen LogP contribution is 2.51. The Kier molecular flexibility index (Phi) is 2.71. The fourth-order valence-corrected chi connectivity index (χ4v) is 2.15. The van der Waals surface area contributed by atoms with Crippen LogP contribution in [0.4, 0.5) is 0 Å². The number of phenolic OH excluding ortho intramolecular Hbond substituents is 1. The van der Waals surface area contributed by atoms with Crippen LogP contribution < -0.4 is 10.5 Å². The topological polar surface area (TPSA) is 92.8 Å². The molecule has 2 rings (SSSR count). The van der Waals surface area contributed by atoms with E-state index in [1.165, 1.54) is 13.2 Å². The van der Waals surface area contributed by atoms with Gasteiger partial charge in [0.1, 0.15) is 6.04 Å². The molecule has 0 spiro atoms. The van der Waals surface area contributed by atoms with Gasteiger partial charge in [0, 0.05) is 5.41 Å². The van der Waals surface area contributed by atoms with Crippen LogP contribution in [0, 0.1) is 0 Å². The van der Waals surface area contributed by atoms with Crippen LogP contribution in [-0.4, -0.2) is 29.3 Å². The lowest BCUT2D eigenvalue weighted by molar-refractivity contribution is -0.139. The molecule has 0 radical (unpaired) electrons. The molecule has 0 heterocycles. The number of hydrogen-bond donors (Lipinski definition) is 3. The number of aliphatic carboxylic acids is 1. The third-order valence-electron chi connectivity index (χ3n) is 3.40. The number of methoxy groups -OCH3 is 1. The molecule has 1 aromatic rings. The molecule has 0 bridgehead atoms. The molecule has 5 nitrogen and oxygen atoms in total. The van der Waals surface area contributed by atoms with E-state index in [-0.39, 0.29) is 5.75 Å². The molecule has 1 aromatic carbocycles. The van der Waals surface area contributed by atoms with Gasteiger partial charge in [0.2, 0.25) is 0 Å². The molecule has 0 aliphatic heterocycles. The van der Waals surface area contributed by atoms with Crippen molar-refractivity contribution in [2.24, 2.45) is 5.73 Å². The Morgan fingerprint density at radius 2 is 2.18 bits per heavy atom. The monoisotopic (exact) mass is 237 g/mol. The van der Waals surface area contributed by atoms with E-state index in [4.69, 9.17) is 15.6 Å². The van der Waals surface area contributed by atoms with Gasteiger partial charge in [-0.2, -0.15) is 0 Å². The van der Waals surface area contributed by atoms with Crippen molar-refractivity contribution >= 4 is 5.97 Å². The van der Waals surface area contributed by atoms with Gasteiger partial charge in [0.15, 0.2) is 11.5 Å². The summed E-state index contributed by atoms with van der Waals surface area (Å²) in [7, 11) is 1.46. The molecule has 0 aromatic heterocycles. The number of carbonyl (C=O) groups is 1. The summed E-state index contributed by atoms with van der Waals surface area (Å²) in [6.07, 6.45) is 1.46. The average molecular weight is 237 g/mol. The van der Waals surface area contributed by atoms with Gasteiger partial charge in [0.05, 0.1) is 7.11 Å². The number of nitrogens with two attached hydrogens (primary N) is 1. The first kappa shape index (κ1) is 11.7. The Bertz CT molecular complexity index is 454. The first-order valence-corrected chi connectivity index (χ1v) is 5.37. The van der Waals surface area contributed by atoms with E-state index in [0.29, 0.717) is 5.75 Å². The molecular formula is C12H15NO4. The molecule has 92 valence electrons. The second-order valence-corrected chi connectivity index (χ2v) is 4.36. The van der Waals surface area contributed by atoms with Crippen LogP contribution in [0.3, 0.4) is 0 Å². The maximum atomic E-state index is 11.0. The van der Waals surface area contributed by atoms with Crippen molar-refractivity contribution in [3.8, 4) is 11.5 Å². The van der Waals surface area contributed by atoms with Crippen LogP contribution in [0.1, 0.15) is 18.4 Å². The van der Waals surface area contributed by atoms with E-state index in [1.807, 2.05) is 0 Å². The van der Waals surface area contributed by atoms with Crippen molar-refractivity contribution in [1.82, 2.24) is 0 Å². The second-order valence-electron chi connectivity index (χ2n) is 4.36. The highest BCUT2D eigenvalue weighted by Gasteiger charge is 2.52. The Labute approximate surface area is 98.8 Å². The number of benzene rings is 1. The van der Waals surface area contributed by atoms with Crippen molar-refractivity contribution in [3.05, 3.63) is 23.8 Å². The lowest BCUT2D eigenvalue weighted by atomic mass is 9.88. The van der Waals surface area contributed by atoms with E-state index >= 15 is 0 Å². The molecule has 1 atom stereocenters. The zero-order chi connectivity index (χ0) is 12.6. The zero-order valence-electron chi connectivity index (χ0n) is 9.51. The number of hydrogen-bond acceptors (Lipinski definition) is 4. The van der Waals surface area contributed by atoms with Crippen molar-refractivity contribution < 1.29 is 19.7 Å². The van der Waals surface area contributed by atoms with Gasteiger partial charge >= 0.3 is 5.97 Å². The third-order valence-corrected chi connectivity index (χ3v) is 3.40. The number of carboxylic acid groups (broad SMARTS) is 1. The summed E-state index contributed by atoms with van der Waals surface area (Å²) in [6, 6.07) is 3.98. The molecule has 1 fully saturated rings. The number of carboxylic acids is 1. The number of phenols is 1. The summed E-state index contributed by atoms with van der Waals surface area (Å²) in [5, 5.41) is 18.7. The van der Waals surface area contributed by atoms with Gasteiger partial charge in [-0.05, 0) is 30.5 Å². The van der Waals surface area contributed by atoms with Crippen molar-refractivity contribution in [1.29, 1.82) is 0 Å². The third kappa shape index (κ3) is 1.82. The lowest BCUT2D eigenvalue weighted by Crippen LogP contribution is -2.41. The molecule has 17 heavy (non-hydrogen) atoms. The average Bonchev–Trinajstić information content (AvgIpc) is 3.09. The fourth-order valence-electron chi connectivity index (χ4n) is 2.15. The number of ether oxygens (including phenoxy) is 1. The molecule has 0 saturated heterocycles. The smallest absolute Gasteiger partial charge is 0.321 e. The van der Waals surface area contributed by atoms with Gasteiger partial charge < -0.3 is 20.7 Å². The maximum Gasteiger partial charge on any atom is 0.321 e. The Morgan fingerprint density at radius 3 is 2.59 bits per heavy atom. The maximum absolute atomic E-state index is 11.0. The molecule has 5 heteroatoms. The minimum atomic E-state index is -1.02. The molecule has 1 aliphatic carbocycles. The second kappa shape index (κ2) is 3.92. The number of rotatable bonds is 4. The van der Waals surface area contributed by atoms with Crippen LogP contribution in [-0.2, 0) is 10.2 Å². The minimum absolute atomic E-state index is 0.00821. The molecular weight excluding hydrogens is 222 g/mol. The lowest BCUT2D eigenvalue weighted by Gasteiger charge is -2.20. The Hall–Kier alpha value is -1.75. The largest absolute Gasteiger partial charge is 0.504 e.